The molecule has 3 nitrogen and oxygen atoms in total. The van der Waals surface area contributed by atoms with Crippen LogP contribution in [0.2, 0.25) is 0 Å². The Kier molecular flexibility index (Phi) is 4.04. The number of carbonyl (C=O) groups is 1. The number of amides is 1. The van der Waals surface area contributed by atoms with E-state index in [0.29, 0.717) is 19.8 Å². The van der Waals surface area contributed by atoms with Crippen molar-refractivity contribution >= 4 is 28.5 Å². The van der Waals surface area contributed by atoms with Crippen molar-refractivity contribution in [3.8, 4) is 0 Å². The molecule has 0 N–H and O–H groups in total. The minimum absolute atomic E-state index is 0.119. The van der Waals surface area contributed by atoms with E-state index in [9.17, 15) is 4.79 Å². The first kappa shape index (κ1) is 12.8. The van der Waals surface area contributed by atoms with Crippen molar-refractivity contribution in [3.05, 3.63) is 32.9 Å². The molecule has 1 aliphatic heterocycles. The Bertz CT molecular complexity index is 433. The van der Waals surface area contributed by atoms with Crippen LogP contribution in [0.15, 0.2) is 18.2 Å². The Morgan fingerprint density at radius 3 is 3.00 bits per heavy atom. The molecular formula is C13H16INO2. The summed E-state index contributed by atoms with van der Waals surface area (Å²) in [6.07, 6.45) is 0. The number of morpholine rings is 1. The van der Waals surface area contributed by atoms with Crippen LogP contribution in [0.25, 0.3) is 0 Å². The zero-order chi connectivity index (χ0) is 12.4. The van der Waals surface area contributed by atoms with Crippen molar-refractivity contribution in [3.63, 3.8) is 0 Å². The molecule has 1 heterocycles. The monoisotopic (exact) mass is 345 g/mol. The molecule has 1 aromatic rings. The normalized spacial score (nSPS) is 20.4. The van der Waals surface area contributed by atoms with Crippen LogP contribution in [0.1, 0.15) is 22.8 Å². The van der Waals surface area contributed by atoms with Gasteiger partial charge in [0, 0.05) is 10.1 Å². The molecular weight excluding hydrogens is 329 g/mol. The second-order valence-corrected chi connectivity index (χ2v) is 5.44. The fourth-order valence-corrected chi connectivity index (χ4v) is 2.59. The van der Waals surface area contributed by atoms with Gasteiger partial charge in [0.2, 0.25) is 0 Å². The number of halogens is 1. The average molecular weight is 345 g/mol. The van der Waals surface area contributed by atoms with Crippen LogP contribution in [0.3, 0.4) is 0 Å². The maximum atomic E-state index is 12.4. The number of hydrogen-bond acceptors (Lipinski definition) is 2. The van der Waals surface area contributed by atoms with E-state index in [4.69, 9.17) is 4.74 Å². The van der Waals surface area contributed by atoms with E-state index in [1.165, 1.54) is 0 Å². The molecule has 17 heavy (non-hydrogen) atoms. The minimum atomic E-state index is 0.119. The third kappa shape index (κ3) is 2.63. The second kappa shape index (κ2) is 5.35. The predicted molar refractivity (Wildman–Crippen MR) is 75.2 cm³/mol. The Hall–Kier alpha value is -0.620. The van der Waals surface area contributed by atoms with Gasteiger partial charge in [0.15, 0.2) is 0 Å². The first-order valence-corrected chi connectivity index (χ1v) is 6.83. The van der Waals surface area contributed by atoms with Crippen molar-refractivity contribution in [2.45, 2.75) is 19.9 Å². The number of aryl methyl sites for hydroxylation is 1. The van der Waals surface area contributed by atoms with Gasteiger partial charge in [-0.2, -0.15) is 0 Å². The Balaban J connectivity index is 2.27. The highest BCUT2D eigenvalue weighted by Gasteiger charge is 2.26. The van der Waals surface area contributed by atoms with Gasteiger partial charge in [0.1, 0.15) is 0 Å². The minimum Gasteiger partial charge on any atom is -0.377 e. The van der Waals surface area contributed by atoms with Gasteiger partial charge in [-0.15, -0.1) is 0 Å². The van der Waals surface area contributed by atoms with Crippen LogP contribution in [-0.4, -0.2) is 36.6 Å². The van der Waals surface area contributed by atoms with Crippen molar-refractivity contribution in [2.75, 3.05) is 19.8 Å². The van der Waals surface area contributed by atoms with E-state index in [-0.39, 0.29) is 11.9 Å². The standard InChI is InChI=1S/C13H16INO2/c1-9-4-3-5-11(12(9)14)13(16)15-6-7-17-8-10(15)2/h3-5,10H,6-8H2,1-2H3/t10-/m1/s1. The SMILES string of the molecule is Cc1cccc(C(=O)N2CCOC[C@H]2C)c1I. The van der Waals surface area contributed by atoms with Gasteiger partial charge >= 0.3 is 0 Å². The molecule has 0 aliphatic carbocycles. The topological polar surface area (TPSA) is 29.5 Å². The first-order valence-electron chi connectivity index (χ1n) is 5.75. The van der Waals surface area contributed by atoms with Gasteiger partial charge in [-0.05, 0) is 48.1 Å². The van der Waals surface area contributed by atoms with Crippen molar-refractivity contribution in [2.24, 2.45) is 0 Å². The van der Waals surface area contributed by atoms with E-state index < -0.39 is 0 Å². The molecule has 1 saturated heterocycles. The van der Waals surface area contributed by atoms with E-state index in [1.54, 1.807) is 0 Å². The summed E-state index contributed by atoms with van der Waals surface area (Å²) in [7, 11) is 0. The molecule has 1 aromatic carbocycles. The van der Waals surface area contributed by atoms with E-state index in [0.717, 1.165) is 14.7 Å². The van der Waals surface area contributed by atoms with E-state index in [1.807, 2.05) is 36.9 Å². The van der Waals surface area contributed by atoms with Crippen LogP contribution >= 0.6 is 22.6 Å². The molecule has 4 heteroatoms. The first-order chi connectivity index (χ1) is 8.11. The lowest BCUT2D eigenvalue weighted by atomic mass is 10.1. The number of hydrogen-bond donors (Lipinski definition) is 0. The predicted octanol–water partition coefficient (Wildman–Crippen LogP) is 2.46. The molecule has 0 bridgehead atoms. The lowest BCUT2D eigenvalue weighted by Crippen LogP contribution is -2.47. The summed E-state index contributed by atoms with van der Waals surface area (Å²) in [5, 5.41) is 0. The average Bonchev–Trinajstić information content (AvgIpc) is 2.32. The summed E-state index contributed by atoms with van der Waals surface area (Å²) in [6.45, 7) is 6.01. The number of rotatable bonds is 1. The highest BCUT2D eigenvalue weighted by molar-refractivity contribution is 14.1. The molecule has 1 amide bonds. The summed E-state index contributed by atoms with van der Waals surface area (Å²) in [5.74, 6) is 0.119. The molecule has 1 fully saturated rings. The highest BCUT2D eigenvalue weighted by atomic mass is 127. The zero-order valence-corrected chi connectivity index (χ0v) is 12.2. The largest absolute Gasteiger partial charge is 0.377 e. The molecule has 0 unspecified atom stereocenters. The van der Waals surface area contributed by atoms with Crippen molar-refractivity contribution in [1.29, 1.82) is 0 Å². The molecule has 0 aromatic heterocycles. The molecule has 1 atom stereocenters. The van der Waals surface area contributed by atoms with Gasteiger partial charge in [0.25, 0.3) is 5.91 Å². The van der Waals surface area contributed by atoms with Crippen LogP contribution in [0.5, 0.6) is 0 Å². The zero-order valence-electron chi connectivity index (χ0n) is 10.1. The quantitative estimate of drug-likeness (QED) is 0.732. The fraction of sp³-hybridized carbons (Fsp3) is 0.462. The van der Waals surface area contributed by atoms with Gasteiger partial charge in [-0.1, -0.05) is 12.1 Å². The lowest BCUT2D eigenvalue weighted by Gasteiger charge is -2.33. The van der Waals surface area contributed by atoms with Gasteiger partial charge in [-0.25, -0.2) is 0 Å². The number of ether oxygens (including phenoxy) is 1. The van der Waals surface area contributed by atoms with Crippen molar-refractivity contribution < 1.29 is 9.53 Å². The fourth-order valence-electron chi connectivity index (χ4n) is 2.00. The Morgan fingerprint density at radius 1 is 1.53 bits per heavy atom. The van der Waals surface area contributed by atoms with Crippen molar-refractivity contribution in [1.82, 2.24) is 4.90 Å². The molecule has 0 spiro atoms. The van der Waals surface area contributed by atoms with Crippen LogP contribution in [0, 0.1) is 10.5 Å². The molecule has 0 radical (unpaired) electrons. The smallest absolute Gasteiger partial charge is 0.255 e. The maximum Gasteiger partial charge on any atom is 0.255 e. The van der Waals surface area contributed by atoms with Gasteiger partial charge in [-0.3, -0.25) is 4.79 Å². The number of carbonyl (C=O) groups excluding carboxylic acids is 1. The maximum absolute atomic E-state index is 12.4. The summed E-state index contributed by atoms with van der Waals surface area (Å²) in [6, 6.07) is 6.03. The van der Waals surface area contributed by atoms with Gasteiger partial charge in [0.05, 0.1) is 24.8 Å². The summed E-state index contributed by atoms with van der Waals surface area (Å²) >= 11 is 2.24. The summed E-state index contributed by atoms with van der Waals surface area (Å²) in [5.41, 5.74) is 1.96. The van der Waals surface area contributed by atoms with Crippen LogP contribution < -0.4 is 0 Å². The molecule has 0 saturated carbocycles. The Morgan fingerprint density at radius 2 is 2.29 bits per heavy atom. The summed E-state index contributed by atoms with van der Waals surface area (Å²) < 4.78 is 6.41. The van der Waals surface area contributed by atoms with E-state index >= 15 is 0 Å². The molecule has 2 rings (SSSR count). The highest BCUT2D eigenvalue weighted by Crippen LogP contribution is 2.20. The van der Waals surface area contributed by atoms with Gasteiger partial charge < -0.3 is 9.64 Å². The summed E-state index contributed by atoms with van der Waals surface area (Å²) in [4.78, 5) is 14.4. The van der Waals surface area contributed by atoms with E-state index in [2.05, 4.69) is 22.6 Å². The number of nitrogens with zero attached hydrogens (tertiary/aromatic N) is 1. The molecule has 1 aliphatic rings. The van der Waals surface area contributed by atoms with Crippen LogP contribution in [0.4, 0.5) is 0 Å². The third-order valence-corrected chi connectivity index (χ3v) is 4.48. The Labute approximate surface area is 115 Å². The second-order valence-electron chi connectivity index (χ2n) is 4.36. The number of benzene rings is 1. The van der Waals surface area contributed by atoms with Crippen LogP contribution in [-0.2, 0) is 4.74 Å². The molecule has 92 valence electrons. The third-order valence-electron chi connectivity index (χ3n) is 3.05. The lowest BCUT2D eigenvalue weighted by molar-refractivity contribution is 0.00353.